The van der Waals surface area contributed by atoms with Gasteiger partial charge in [0.05, 0.1) is 11.5 Å². The maximum Gasteiger partial charge on any atom is 0.257 e. The van der Waals surface area contributed by atoms with Gasteiger partial charge in [-0.1, -0.05) is 59.8 Å². The van der Waals surface area contributed by atoms with E-state index in [1.807, 2.05) is 49.4 Å². The molecule has 7 nitrogen and oxygen atoms in total. The summed E-state index contributed by atoms with van der Waals surface area (Å²) in [5.74, 6) is -0.891. The van der Waals surface area contributed by atoms with E-state index in [4.69, 9.17) is 0 Å². The highest BCUT2D eigenvalue weighted by molar-refractivity contribution is 7.98. The number of amides is 2. The molecule has 2 amide bonds. The first-order valence-corrected chi connectivity index (χ1v) is 10.5. The van der Waals surface area contributed by atoms with Gasteiger partial charge in [-0.2, -0.15) is 0 Å². The van der Waals surface area contributed by atoms with Crippen LogP contribution in [0.15, 0.2) is 64.5 Å². The van der Waals surface area contributed by atoms with Crippen LogP contribution in [-0.4, -0.2) is 21.8 Å². The molecule has 2 aromatic carbocycles. The Bertz CT molecular complexity index is 1140. The number of carbonyl (C=O) groups is 2. The fourth-order valence-corrected chi connectivity index (χ4v) is 4.05. The van der Waals surface area contributed by atoms with Crippen molar-refractivity contribution < 1.29 is 9.59 Å². The van der Waals surface area contributed by atoms with Crippen molar-refractivity contribution >= 4 is 35.1 Å². The number of thioether (sulfide) groups is 1. The normalized spacial score (nSPS) is 15.2. The largest absolute Gasteiger partial charge is 0.326 e. The van der Waals surface area contributed by atoms with Crippen molar-refractivity contribution in [1.29, 1.82) is 0 Å². The lowest BCUT2D eigenvalue weighted by Crippen LogP contribution is -2.36. The van der Waals surface area contributed by atoms with E-state index in [2.05, 4.69) is 20.6 Å². The number of nitrogens with one attached hydrogen (secondary N) is 3. The average Bonchev–Trinajstić information content (AvgIpc) is 2.73. The summed E-state index contributed by atoms with van der Waals surface area (Å²) in [6, 6.07) is 17.1. The molecule has 0 saturated carbocycles. The molecule has 0 fully saturated rings. The predicted octanol–water partition coefficient (Wildman–Crippen LogP) is 3.44. The third-order valence-corrected chi connectivity index (χ3v) is 5.73. The maximum atomic E-state index is 12.8. The highest BCUT2D eigenvalue weighted by Gasteiger charge is 2.34. The minimum Gasteiger partial charge on any atom is -0.326 e. The van der Waals surface area contributed by atoms with E-state index in [-0.39, 0.29) is 23.7 Å². The summed E-state index contributed by atoms with van der Waals surface area (Å²) in [6.07, 6.45) is -0.105. The standard InChI is InChI=1S/C22H20N4O3S/c1-13-7-9-15(10-8-13)23-20(28)16-11-17(27)24-19-18(16)21(29)26-22(25-19)30-12-14-5-3-2-4-6-14/h2-10,16H,11-12H2,1H3,(H,23,28)(H2,24,25,26,27,29)/t16-/m0/s1. The Kier molecular flexibility index (Phi) is 5.67. The van der Waals surface area contributed by atoms with E-state index in [1.165, 1.54) is 11.8 Å². The predicted molar refractivity (Wildman–Crippen MR) is 117 cm³/mol. The molecular formula is C22H20N4O3S. The van der Waals surface area contributed by atoms with Crippen molar-refractivity contribution in [2.45, 2.75) is 30.2 Å². The zero-order chi connectivity index (χ0) is 21.1. The number of H-pyrrole nitrogens is 1. The first-order valence-electron chi connectivity index (χ1n) is 9.48. The highest BCUT2D eigenvalue weighted by atomic mass is 32.2. The Morgan fingerprint density at radius 3 is 2.60 bits per heavy atom. The van der Waals surface area contributed by atoms with Crippen molar-refractivity contribution in [2.24, 2.45) is 0 Å². The minimum absolute atomic E-state index is 0.105. The van der Waals surface area contributed by atoms with Crippen LogP contribution in [0.3, 0.4) is 0 Å². The van der Waals surface area contributed by atoms with Gasteiger partial charge >= 0.3 is 0 Å². The van der Waals surface area contributed by atoms with Gasteiger partial charge in [0.2, 0.25) is 11.8 Å². The van der Waals surface area contributed by atoms with Gasteiger partial charge in [-0.25, -0.2) is 4.98 Å². The molecule has 3 aromatic rings. The van der Waals surface area contributed by atoms with Gasteiger partial charge in [0, 0.05) is 17.9 Å². The summed E-state index contributed by atoms with van der Waals surface area (Å²) in [5, 5.41) is 5.81. The molecule has 1 aromatic heterocycles. The number of carbonyl (C=O) groups excluding carboxylic acids is 2. The Labute approximate surface area is 177 Å². The molecule has 0 bridgehead atoms. The zero-order valence-corrected chi connectivity index (χ0v) is 17.1. The lowest BCUT2D eigenvalue weighted by molar-refractivity contribution is -0.123. The molecule has 8 heteroatoms. The average molecular weight is 420 g/mol. The number of rotatable bonds is 5. The summed E-state index contributed by atoms with van der Waals surface area (Å²) in [5.41, 5.74) is 2.53. The molecule has 3 N–H and O–H groups in total. The quantitative estimate of drug-likeness (QED) is 0.433. The van der Waals surface area contributed by atoms with E-state index in [0.29, 0.717) is 16.6 Å². The van der Waals surface area contributed by atoms with Crippen LogP contribution in [0.4, 0.5) is 11.5 Å². The van der Waals surface area contributed by atoms with Gasteiger partial charge < -0.3 is 15.6 Å². The van der Waals surface area contributed by atoms with E-state index < -0.39 is 17.4 Å². The Morgan fingerprint density at radius 1 is 1.13 bits per heavy atom. The molecule has 1 aliphatic rings. The summed E-state index contributed by atoms with van der Waals surface area (Å²) in [6.45, 7) is 1.95. The summed E-state index contributed by atoms with van der Waals surface area (Å²) < 4.78 is 0. The Balaban J connectivity index is 1.57. The van der Waals surface area contributed by atoms with Crippen LogP contribution in [0.1, 0.15) is 29.0 Å². The number of aryl methyl sites for hydroxylation is 1. The third-order valence-electron chi connectivity index (χ3n) is 4.78. The van der Waals surface area contributed by atoms with Gasteiger partial charge in [-0.05, 0) is 24.6 Å². The van der Waals surface area contributed by atoms with E-state index in [9.17, 15) is 14.4 Å². The van der Waals surface area contributed by atoms with Crippen molar-refractivity contribution in [2.75, 3.05) is 10.6 Å². The zero-order valence-electron chi connectivity index (χ0n) is 16.3. The van der Waals surface area contributed by atoms with Crippen LogP contribution >= 0.6 is 11.8 Å². The number of fused-ring (bicyclic) bond motifs is 1. The third kappa shape index (κ3) is 4.44. The first kappa shape index (κ1) is 19.9. The molecule has 0 radical (unpaired) electrons. The monoisotopic (exact) mass is 420 g/mol. The molecule has 1 aliphatic heterocycles. The Hall–Kier alpha value is -3.39. The van der Waals surface area contributed by atoms with Crippen LogP contribution in [0.5, 0.6) is 0 Å². The van der Waals surface area contributed by atoms with Gasteiger partial charge in [0.1, 0.15) is 5.82 Å². The SMILES string of the molecule is Cc1ccc(NC(=O)[C@H]2CC(=O)Nc3nc(SCc4ccccc4)[nH]c(=O)c32)cc1. The van der Waals surface area contributed by atoms with Crippen molar-refractivity contribution in [3.05, 3.63) is 81.6 Å². The highest BCUT2D eigenvalue weighted by Crippen LogP contribution is 2.31. The number of hydrogen-bond acceptors (Lipinski definition) is 5. The summed E-state index contributed by atoms with van der Waals surface area (Å²) >= 11 is 1.36. The van der Waals surface area contributed by atoms with Crippen molar-refractivity contribution in [1.82, 2.24) is 9.97 Å². The lowest BCUT2D eigenvalue weighted by Gasteiger charge is -2.23. The smallest absolute Gasteiger partial charge is 0.257 e. The van der Waals surface area contributed by atoms with Gasteiger partial charge in [0.15, 0.2) is 5.16 Å². The minimum atomic E-state index is -0.903. The number of nitrogens with zero attached hydrogens (tertiary/aromatic N) is 1. The molecular weight excluding hydrogens is 400 g/mol. The van der Waals surface area contributed by atoms with Crippen LogP contribution < -0.4 is 16.2 Å². The number of anilines is 2. The second-order valence-electron chi connectivity index (χ2n) is 7.07. The molecule has 0 spiro atoms. The molecule has 0 saturated heterocycles. The second-order valence-corrected chi connectivity index (χ2v) is 8.03. The Morgan fingerprint density at radius 2 is 1.87 bits per heavy atom. The van der Waals surface area contributed by atoms with Crippen molar-refractivity contribution in [3.8, 4) is 0 Å². The number of benzene rings is 2. The van der Waals surface area contributed by atoms with Crippen LogP contribution in [0.2, 0.25) is 0 Å². The van der Waals surface area contributed by atoms with Gasteiger partial charge in [-0.15, -0.1) is 0 Å². The van der Waals surface area contributed by atoms with E-state index in [1.54, 1.807) is 12.1 Å². The first-order chi connectivity index (χ1) is 14.5. The van der Waals surface area contributed by atoms with Gasteiger partial charge in [-0.3, -0.25) is 14.4 Å². The lowest BCUT2D eigenvalue weighted by atomic mass is 9.92. The number of hydrogen-bond donors (Lipinski definition) is 3. The fourth-order valence-electron chi connectivity index (χ4n) is 3.24. The molecule has 4 rings (SSSR count). The molecule has 1 atom stereocenters. The van der Waals surface area contributed by atoms with Crippen LogP contribution in [0.25, 0.3) is 0 Å². The maximum absolute atomic E-state index is 12.8. The molecule has 2 heterocycles. The fraction of sp³-hybridized carbons (Fsp3) is 0.182. The molecule has 30 heavy (non-hydrogen) atoms. The molecule has 0 unspecified atom stereocenters. The number of aromatic amines is 1. The second kappa shape index (κ2) is 8.54. The topological polar surface area (TPSA) is 104 Å². The number of aromatic nitrogens is 2. The van der Waals surface area contributed by atoms with Crippen molar-refractivity contribution in [3.63, 3.8) is 0 Å². The summed E-state index contributed by atoms with van der Waals surface area (Å²) in [4.78, 5) is 44.9. The van der Waals surface area contributed by atoms with E-state index in [0.717, 1.165) is 11.1 Å². The van der Waals surface area contributed by atoms with Crippen LogP contribution in [-0.2, 0) is 15.3 Å². The molecule has 152 valence electrons. The van der Waals surface area contributed by atoms with Crippen LogP contribution in [0, 0.1) is 6.92 Å². The molecule has 0 aliphatic carbocycles. The van der Waals surface area contributed by atoms with E-state index >= 15 is 0 Å². The summed E-state index contributed by atoms with van der Waals surface area (Å²) in [7, 11) is 0. The van der Waals surface area contributed by atoms with Gasteiger partial charge in [0.25, 0.3) is 5.56 Å².